The van der Waals surface area contributed by atoms with Crippen molar-refractivity contribution < 1.29 is 19.4 Å². The van der Waals surface area contributed by atoms with Crippen LogP contribution in [0.25, 0.3) is 0 Å². The van der Waals surface area contributed by atoms with Gasteiger partial charge in [0.15, 0.2) is 0 Å². The van der Waals surface area contributed by atoms with Gasteiger partial charge in [-0.25, -0.2) is 0 Å². The van der Waals surface area contributed by atoms with Crippen LogP contribution in [0.5, 0.6) is 11.5 Å². The van der Waals surface area contributed by atoms with Gasteiger partial charge in [-0.05, 0) is 25.2 Å². The Bertz CT molecular complexity index is 563. The Balaban J connectivity index is 1.90. The first kappa shape index (κ1) is 15.1. The summed E-state index contributed by atoms with van der Waals surface area (Å²) in [6.45, 7) is 3.58. The van der Waals surface area contributed by atoms with E-state index in [9.17, 15) is 9.90 Å². The fourth-order valence-electron chi connectivity index (χ4n) is 3.29. The highest BCUT2D eigenvalue weighted by molar-refractivity contribution is 5.97. The Morgan fingerprint density at radius 3 is 2.91 bits per heavy atom. The molecule has 1 N–H and O–H groups in total. The standard InChI is InChI=1S/C16H22N2O4/c1-17-6-11-7-18(12(8-17)10-22-9-11)16(20)14-5-13(21-2)3-4-15(14)19/h3-5,11-12,19H,6-10H2,1-2H3/t11-,12-/m0/s1. The number of aromatic hydroxyl groups is 1. The SMILES string of the molecule is COc1ccc(O)c(C(=O)N2C[C@H]3COC[C@@H]2CN(C)C3)c1. The van der Waals surface area contributed by atoms with E-state index in [1.165, 1.54) is 6.07 Å². The van der Waals surface area contributed by atoms with Crippen molar-refractivity contribution >= 4 is 5.91 Å². The first-order valence-electron chi connectivity index (χ1n) is 7.52. The van der Waals surface area contributed by atoms with Crippen LogP contribution in [-0.2, 0) is 4.74 Å². The largest absolute Gasteiger partial charge is 0.507 e. The molecule has 2 bridgehead atoms. The maximum absolute atomic E-state index is 12.9. The summed E-state index contributed by atoms with van der Waals surface area (Å²) < 4.78 is 10.9. The number of likely N-dealkylation sites (N-methyl/N-ethyl adjacent to an activating group) is 1. The summed E-state index contributed by atoms with van der Waals surface area (Å²) in [5.74, 6) is 0.688. The molecule has 0 spiro atoms. The van der Waals surface area contributed by atoms with Crippen LogP contribution in [0, 0.1) is 5.92 Å². The average molecular weight is 306 g/mol. The molecule has 1 aromatic rings. The van der Waals surface area contributed by atoms with Gasteiger partial charge in [0.1, 0.15) is 11.5 Å². The van der Waals surface area contributed by atoms with Crippen molar-refractivity contribution in [2.75, 3.05) is 47.0 Å². The van der Waals surface area contributed by atoms with Crippen molar-refractivity contribution in [3.63, 3.8) is 0 Å². The Morgan fingerprint density at radius 2 is 2.14 bits per heavy atom. The average Bonchev–Trinajstić information content (AvgIpc) is 2.77. The molecule has 6 nitrogen and oxygen atoms in total. The second kappa shape index (κ2) is 6.14. The van der Waals surface area contributed by atoms with Gasteiger partial charge >= 0.3 is 0 Å². The molecule has 2 atom stereocenters. The molecular formula is C16H22N2O4. The van der Waals surface area contributed by atoms with Gasteiger partial charge in [-0.1, -0.05) is 0 Å². The Morgan fingerprint density at radius 1 is 1.32 bits per heavy atom. The molecule has 0 unspecified atom stereocenters. The van der Waals surface area contributed by atoms with E-state index in [1.807, 2.05) is 4.90 Å². The van der Waals surface area contributed by atoms with Gasteiger partial charge < -0.3 is 24.4 Å². The molecule has 3 rings (SSSR count). The quantitative estimate of drug-likeness (QED) is 0.876. The van der Waals surface area contributed by atoms with Crippen LogP contribution in [0.2, 0.25) is 0 Å². The van der Waals surface area contributed by atoms with Crippen molar-refractivity contribution in [3.05, 3.63) is 23.8 Å². The lowest BCUT2D eigenvalue weighted by atomic mass is 10.1. The third kappa shape index (κ3) is 2.89. The van der Waals surface area contributed by atoms with Gasteiger partial charge in [0.05, 0.1) is 31.9 Å². The van der Waals surface area contributed by atoms with Crippen LogP contribution < -0.4 is 4.74 Å². The number of amides is 1. The minimum atomic E-state index is -0.160. The molecule has 2 aliphatic heterocycles. The molecule has 2 aliphatic rings. The summed E-state index contributed by atoms with van der Waals surface area (Å²) in [5.41, 5.74) is 0.287. The number of carbonyl (C=O) groups excluding carboxylic acids is 1. The summed E-state index contributed by atoms with van der Waals surface area (Å²) in [6.07, 6.45) is 0. The summed E-state index contributed by atoms with van der Waals surface area (Å²) in [7, 11) is 3.62. The molecular weight excluding hydrogens is 284 g/mol. The Kier molecular flexibility index (Phi) is 4.22. The molecule has 22 heavy (non-hydrogen) atoms. The number of fused-ring (bicyclic) bond motifs is 3. The van der Waals surface area contributed by atoms with E-state index in [1.54, 1.807) is 19.2 Å². The summed E-state index contributed by atoms with van der Waals surface area (Å²) in [4.78, 5) is 17.0. The number of ether oxygens (including phenoxy) is 2. The number of nitrogens with zero attached hydrogens (tertiary/aromatic N) is 2. The molecule has 2 heterocycles. The zero-order chi connectivity index (χ0) is 15.7. The topological polar surface area (TPSA) is 62.2 Å². The van der Waals surface area contributed by atoms with E-state index in [0.29, 0.717) is 31.4 Å². The number of rotatable bonds is 2. The van der Waals surface area contributed by atoms with Crippen molar-refractivity contribution in [3.8, 4) is 11.5 Å². The van der Waals surface area contributed by atoms with Gasteiger partial charge in [-0.2, -0.15) is 0 Å². The molecule has 1 aromatic carbocycles. The smallest absolute Gasteiger partial charge is 0.258 e. The molecule has 2 saturated heterocycles. The Labute approximate surface area is 130 Å². The maximum atomic E-state index is 12.9. The van der Waals surface area contributed by atoms with Gasteiger partial charge in [0.25, 0.3) is 5.91 Å². The fourth-order valence-corrected chi connectivity index (χ4v) is 3.29. The van der Waals surface area contributed by atoms with Crippen LogP contribution >= 0.6 is 0 Å². The van der Waals surface area contributed by atoms with Gasteiger partial charge in [0.2, 0.25) is 0 Å². The second-order valence-corrected chi connectivity index (χ2v) is 6.12. The molecule has 0 saturated carbocycles. The van der Waals surface area contributed by atoms with Gasteiger partial charge in [0, 0.05) is 25.6 Å². The predicted molar refractivity (Wildman–Crippen MR) is 81.3 cm³/mol. The van der Waals surface area contributed by atoms with Crippen molar-refractivity contribution in [2.24, 2.45) is 5.92 Å². The van der Waals surface area contributed by atoms with Crippen LogP contribution in [-0.4, -0.2) is 73.9 Å². The van der Waals surface area contributed by atoms with E-state index in [-0.39, 0.29) is 23.3 Å². The first-order chi connectivity index (χ1) is 10.6. The molecule has 120 valence electrons. The normalized spacial score (nSPS) is 25.6. The number of methoxy groups -OCH3 is 1. The van der Waals surface area contributed by atoms with Crippen LogP contribution in [0.15, 0.2) is 18.2 Å². The molecule has 2 fully saturated rings. The van der Waals surface area contributed by atoms with Crippen molar-refractivity contribution in [1.29, 1.82) is 0 Å². The summed E-state index contributed by atoms with van der Waals surface area (Å²) in [5, 5.41) is 10.0. The number of hydrogen-bond donors (Lipinski definition) is 1. The zero-order valence-corrected chi connectivity index (χ0v) is 13.0. The van der Waals surface area contributed by atoms with Crippen LogP contribution in [0.3, 0.4) is 0 Å². The lowest BCUT2D eigenvalue weighted by molar-refractivity contribution is 0.0482. The number of carbonyl (C=O) groups is 1. The summed E-state index contributed by atoms with van der Waals surface area (Å²) in [6, 6.07) is 4.75. The molecule has 0 radical (unpaired) electrons. The monoisotopic (exact) mass is 306 g/mol. The zero-order valence-electron chi connectivity index (χ0n) is 13.0. The number of phenolic OH excluding ortho intramolecular Hbond substituents is 1. The number of phenols is 1. The lowest BCUT2D eigenvalue weighted by Crippen LogP contribution is -2.46. The minimum absolute atomic E-state index is 0.00982. The second-order valence-electron chi connectivity index (χ2n) is 6.12. The van der Waals surface area contributed by atoms with E-state index in [0.717, 1.165) is 13.1 Å². The fraction of sp³-hybridized carbons (Fsp3) is 0.562. The third-order valence-electron chi connectivity index (χ3n) is 4.35. The third-order valence-corrected chi connectivity index (χ3v) is 4.35. The minimum Gasteiger partial charge on any atom is -0.507 e. The van der Waals surface area contributed by atoms with E-state index in [4.69, 9.17) is 9.47 Å². The first-order valence-corrected chi connectivity index (χ1v) is 7.52. The molecule has 6 heteroatoms. The lowest BCUT2D eigenvalue weighted by Gasteiger charge is -2.30. The molecule has 1 amide bonds. The van der Waals surface area contributed by atoms with Gasteiger partial charge in [-0.15, -0.1) is 0 Å². The maximum Gasteiger partial charge on any atom is 0.258 e. The van der Waals surface area contributed by atoms with Crippen molar-refractivity contribution in [2.45, 2.75) is 6.04 Å². The van der Waals surface area contributed by atoms with E-state index < -0.39 is 0 Å². The predicted octanol–water partition coefficient (Wildman–Crippen LogP) is 0.803. The highest BCUT2D eigenvalue weighted by Crippen LogP contribution is 2.27. The number of hydrogen-bond acceptors (Lipinski definition) is 5. The summed E-state index contributed by atoms with van der Waals surface area (Å²) >= 11 is 0. The molecule has 0 aromatic heterocycles. The number of benzene rings is 1. The van der Waals surface area contributed by atoms with Gasteiger partial charge in [-0.3, -0.25) is 4.79 Å². The highest BCUT2D eigenvalue weighted by atomic mass is 16.5. The van der Waals surface area contributed by atoms with E-state index >= 15 is 0 Å². The Hall–Kier alpha value is -1.79. The van der Waals surface area contributed by atoms with Crippen LogP contribution in [0.4, 0.5) is 0 Å². The van der Waals surface area contributed by atoms with E-state index in [2.05, 4.69) is 11.9 Å². The van der Waals surface area contributed by atoms with Crippen molar-refractivity contribution in [1.82, 2.24) is 9.80 Å². The highest BCUT2D eigenvalue weighted by Gasteiger charge is 2.35. The molecule has 0 aliphatic carbocycles. The van der Waals surface area contributed by atoms with Crippen LogP contribution in [0.1, 0.15) is 10.4 Å².